The van der Waals surface area contributed by atoms with Gasteiger partial charge in [-0.05, 0) is 26.1 Å². The second-order valence-electron chi connectivity index (χ2n) is 5.21. The van der Waals surface area contributed by atoms with Gasteiger partial charge in [-0.2, -0.15) is 0 Å². The number of rotatable bonds is 3. The van der Waals surface area contributed by atoms with Crippen molar-refractivity contribution in [1.29, 1.82) is 0 Å². The normalized spacial score (nSPS) is 16.5. The lowest BCUT2D eigenvalue weighted by molar-refractivity contribution is 0.0698. The zero-order valence-electron chi connectivity index (χ0n) is 12.2. The number of carboxylic acid groups (broad SMARTS) is 1. The molecule has 0 atom stereocenters. The third kappa shape index (κ3) is 4.17. The van der Waals surface area contributed by atoms with Crippen LogP contribution in [0.3, 0.4) is 0 Å². The van der Waals surface area contributed by atoms with Gasteiger partial charge in [-0.3, -0.25) is 5.43 Å². The number of carbonyl (C=O) groups is 2. The molecule has 0 aliphatic carbocycles. The minimum absolute atomic E-state index is 0.0866. The van der Waals surface area contributed by atoms with Crippen LogP contribution in [0.1, 0.15) is 15.9 Å². The number of aromatic carboxylic acids is 1. The van der Waals surface area contributed by atoms with E-state index in [9.17, 15) is 9.59 Å². The van der Waals surface area contributed by atoms with Crippen molar-refractivity contribution >= 4 is 17.7 Å². The van der Waals surface area contributed by atoms with E-state index in [1.165, 1.54) is 6.07 Å². The molecule has 1 saturated heterocycles. The number of hydrogen-bond acceptors (Lipinski definition) is 4. The second kappa shape index (κ2) is 6.55. The minimum Gasteiger partial charge on any atom is -0.478 e. The highest BCUT2D eigenvalue weighted by molar-refractivity contribution is 6.00. The first-order valence-electron chi connectivity index (χ1n) is 6.81. The van der Waals surface area contributed by atoms with Crippen LogP contribution < -0.4 is 10.7 Å². The number of carbonyl (C=O) groups excluding carboxylic acids is 1. The molecule has 0 saturated carbocycles. The average molecular weight is 292 g/mol. The van der Waals surface area contributed by atoms with E-state index in [-0.39, 0.29) is 5.56 Å². The fourth-order valence-corrected chi connectivity index (χ4v) is 2.16. The zero-order chi connectivity index (χ0) is 15.4. The number of piperazine rings is 1. The Hall–Kier alpha value is -2.12. The smallest absolute Gasteiger partial charge is 0.337 e. The molecular weight excluding hydrogens is 272 g/mol. The summed E-state index contributed by atoms with van der Waals surface area (Å²) in [6, 6.07) is 4.47. The van der Waals surface area contributed by atoms with E-state index in [0.29, 0.717) is 5.69 Å². The van der Waals surface area contributed by atoms with Gasteiger partial charge < -0.3 is 15.3 Å². The molecule has 1 aromatic carbocycles. The Labute approximate surface area is 123 Å². The lowest BCUT2D eigenvalue weighted by Gasteiger charge is -2.32. The summed E-state index contributed by atoms with van der Waals surface area (Å²) in [6.45, 7) is 5.05. The van der Waals surface area contributed by atoms with Crippen molar-refractivity contribution in [1.82, 2.24) is 15.3 Å². The maximum Gasteiger partial charge on any atom is 0.337 e. The molecule has 1 aromatic rings. The van der Waals surface area contributed by atoms with E-state index in [0.717, 1.165) is 31.7 Å². The van der Waals surface area contributed by atoms with Crippen LogP contribution in [0.5, 0.6) is 0 Å². The van der Waals surface area contributed by atoms with Gasteiger partial charge in [0.05, 0.1) is 11.3 Å². The zero-order valence-corrected chi connectivity index (χ0v) is 12.2. The quantitative estimate of drug-likeness (QED) is 0.773. The average Bonchev–Trinajstić information content (AvgIpc) is 2.43. The summed E-state index contributed by atoms with van der Waals surface area (Å²) in [4.78, 5) is 25.3. The molecule has 1 fully saturated rings. The molecule has 3 N–H and O–H groups in total. The number of amides is 2. The number of carboxylic acids is 1. The predicted molar refractivity (Wildman–Crippen MR) is 79.4 cm³/mol. The largest absolute Gasteiger partial charge is 0.478 e. The Morgan fingerprint density at radius 2 is 1.86 bits per heavy atom. The van der Waals surface area contributed by atoms with Gasteiger partial charge in [0.2, 0.25) is 0 Å². The number of aryl methyl sites for hydroxylation is 1. The van der Waals surface area contributed by atoms with E-state index in [1.54, 1.807) is 19.1 Å². The van der Waals surface area contributed by atoms with Crippen molar-refractivity contribution in [2.45, 2.75) is 6.92 Å². The first-order chi connectivity index (χ1) is 9.95. The highest BCUT2D eigenvalue weighted by Gasteiger charge is 2.17. The van der Waals surface area contributed by atoms with E-state index in [4.69, 9.17) is 5.11 Å². The molecule has 114 valence electrons. The van der Waals surface area contributed by atoms with E-state index in [1.807, 2.05) is 12.1 Å². The molecular formula is C14H20N4O3. The monoisotopic (exact) mass is 292 g/mol. The van der Waals surface area contributed by atoms with Crippen LogP contribution in [0.4, 0.5) is 10.5 Å². The number of hydrogen-bond donors (Lipinski definition) is 3. The number of anilines is 1. The van der Waals surface area contributed by atoms with Crippen molar-refractivity contribution in [2.24, 2.45) is 0 Å². The summed E-state index contributed by atoms with van der Waals surface area (Å²) in [7, 11) is 2.03. The third-order valence-electron chi connectivity index (χ3n) is 3.42. The summed E-state index contributed by atoms with van der Waals surface area (Å²) in [5.74, 6) is -1.06. The van der Waals surface area contributed by atoms with E-state index in [2.05, 4.69) is 15.6 Å². The van der Waals surface area contributed by atoms with Gasteiger partial charge in [-0.1, -0.05) is 11.6 Å². The Morgan fingerprint density at radius 1 is 1.19 bits per heavy atom. The van der Waals surface area contributed by atoms with Gasteiger partial charge >= 0.3 is 12.0 Å². The van der Waals surface area contributed by atoms with Gasteiger partial charge in [-0.15, -0.1) is 0 Å². The number of hydrazine groups is 1. The van der Waals surface area contributed by atoms with Gasteiger partial charge in [-0.25, -0.2) is 14.6 Å². The van der Waals surface area contributed by atoms with Gasteiger partial charge in [0, 0.05) is 26.2 Å². The molecule has 2 amide bonds. The van der Waals surface area contributed by atoms with Crippen LogP contribution in [0.25, 0.3) is 0 Å². The molecule has 0 radical (unpaired) electrons. The molecule has 1 aliphatic rings. The van der Waals surface area contributed by atoms with Crippen molar-refractivity contribution < 1.29 is 14.7 Å². The fourth-order valence-electron chi connectivity index (χ4n) is 2.16. The number of nitrogens with one attached hydrogen (secondary N) is 2. The van der Waals surface area contributed by atoms with Crippen molar-refractivity contribution in [3.63, 3.8) is 0 Å². The Bertz CT molecular complexity index is 539. The number of nitrogens with zero attached hydrogens (tertiary/aromatic N) is 2. The van der Waals surface area contributed by atoms with Crippen LogP contribution in [0.2, 0.25) is 0 Å². The van der Waals surface area contributed by atoms with Gasteiger partial charge in [0.25, 0.3) is 0 Å². The summed E-state index contributed by atoms with van der Waals surface area (Å²) >= 11 is 0. The summed E-state index contributed by atoms with van der Waals surface area (Å²) in [6.07, 6.45) is 0. The molecule has 1 heterocycles. The van der Waals surface area contributed by atoms with Crippen LogP contribution in [-0.4, -0.2) is 60.2 Å². The predicted octanol–water partition coefficient (Wildman–Crippen LogP) is 0.977. The summed E-state index contributed by atoms with van der Waals surface area (Å²) in [5.41, 5.74) is 3.94. The fraction of sp³-hybridized carbons (Fsp3) is 0.429. The van der Waals surface area contributed by atoms with Crippen LogP contribution in [0, 0.1) is 6.92 Å². The van der Waals surface area contributed by atoms with E-state index >= 15 is 0 Å². The number of benzene rings is 1. The van der Waals surface area contributed by atoms with E-state index < -0.39 is 12.0 Å². The van der Waals surface area contributed by atoms with Crippen molar-refractivity contribution in [3.05, 3.63) is 29.3 Å². The van der Waals surface area contributed by atoms with Crippen molar-refractivity contribution in [3.8, 4) is 0 Å². The Kier molecular flexibility index (Phi) is 4.77. The standard InChI is InChI=1S/C14H20N4O3/c1-10-3-4-12(11(9-10)13(19)20)15-14(21)16-18-7-5-17(2)6-8-18/h3-4,9H,5-8H2,1-2H3,(H,19,20)(H2,15,16,21). The maximum atomic E-state index is 12.0. The van der Waals surface area contributed by atoms with Crippen LogP contribution in [-0.2, 0) is 0 Å². The molecule has 0 unspecified atom stereocenters. The summed E-state index contributed by atoms with van der Waals surface area (Å²) < 4.78 is 0. The highest BCUT2D eigenvalue weighted by atomic mass is 16.4. The molecule has 0 spiro atoms. The molecule has 7 nitrogen and oxygen atoms in total. The molecule has 7 heteroatoms. The lowest BCUT2D eigenvalue weighted by Crippen LogP contribution is -2.53. The molecule has 21 heavy (non-hydrogen) atoms. The molecule has 1 aliphatic heterocycles. The number of urea groups is 1. The Morgan fingerprint density at radius 3 is 2.48 bits per heavy atom. The topological polar surface area (TPSA) is 84.9 Å². The van der Waals surface area contributed by atoms with Gasteiger partial charge in [0.15, 0.2) is 0 Å². The first-order valence-corrected chi connectivity index (χ1v) is 6.81. The molecule has 2 rings (SSSR count). The van der Waals surface area contributed by atoms with Crippen LogP contribution in [0.15, 0.2) is 18.2 Å². The molecule has 0 bridgehead atoms. The van der Waals surface area contributed by atoms with Crippen LogP contribution >= 0.6 is 0 Å². The highest BCUT2D eigenvalue weighted by Crippen LogP contribution is 2.17. The maximum absolute atomic E-state index is 12.0. The summed E-state index contributed by atoms with van der Waals surface area (Å²) in [5, 5.41) is 13.6. The second-order valence-corrected chi connectivity index (χ2v) is 5.21. The SMILES string of the molecule is Cc1ccc(NC(=O)NN2CCN(C)CC2)c(C(=O)O)c1. The third-order valence-corrected chi connectivity index (χ3v) is 3.42. The van der Waals surface area contributed by atoms with Crippen molar-refractivity contribution in [2.75, 3.05) is 38.5 Å². The minimum atomic E-state index is -1.06. The lowest BCUT2D eigenvalue weighted by atomic mass is 10.1. The molecule has 0 aromatic heterocycles. The number of likely N-dealkylation sites (N-methyl/N-ethyl adjacent to an activating group) is 1. The first kappa shape index (κ1) is 15.3. The Balaban J connectivity index is 1.98. The van der Waals surface area contributed by atoms with Gasteiger partial charge in [0.1, 0.15) is 0 Å².